The summed E-state index contributed by atoms with van der Waals surface area (Å²) in [6.07, 6.45) is -1.30. The summed E-state index contributed by atoms with van der Waals surface area (Å²) in [5, 5.41) is 23.6. The van der Waals surface area contributed by atoms with Gasteiger partial charge in [-0.25, -0.2) is 4.79 Å². The number of anilines is 1. The zero-order chi connectivity index (χ0) is 24.8. The van der Waals surface area contributed by atoms with Crippen molar-refractivity contribution in [2.24, 2.45) is 0 Å². The maximum atomic E-state index is 13.1. The topological polar surface area (TPSA) is 130 Å². The Kier molecular flexibility index (Phi) is 7.60. The van der Waals surface area contributed by atoms with Crippen molar-refractivity contribution in [1.82, 2.24) is 4.90 Å². The average molecular weight is 482 g/mol. The van der Waals surface area contributed by atoms with Crippen LogP contribution in [-0.2, 0) is 11.3 Å². The van der Waals surface area contributed by atoms with Crippen molar-refractivity contribution in [3.05, 3.63) is 105 Å². The second-order valence-corrected chi connectivity index (χ2v) is 7.76. The number of amides is 2. The third-order valence-corrected chi connectivity index (χ3v) is 5.45. The number of halogens is 1. The second kappa shape index (κ2) is 10.6. The summed E-state index contributed by atoms with van der Waals surface area (Å²) in [5.41, 5.74) is 0.293. The van der Waals surface area contributed by atoms with Crippen molar-refractivity contribution in [2.75, 3.05) is 5.32 Å². The largest absolute Gasteiger partial charge is 0.465 e. The summed E-state index contributed by atoms with van der Waals surface area (Å²) in [6.45, 7) is 1.38. The first kappa shape index (κ1) is 24.4. The molecule has 1 atom stereocenters. The predicted octanol–water partition coefficient (Wildman–Crippen LogP) is 4.99. The minimum absolute atomic E-state index is 0.00239. The van der Waals surface area contributed by atoms with Gasteiger partial charge in [0.15, 0.2) is 5.78 Å². The lowest BCUT2D eigenvalue weighted by atomic mass is 10.0. The van der Waals surface area contributed by atoms with E-state index in [4.69, 9.17) is 11.6 Å². The summed E-state index contributed by atoms with van der Waals surface area (Å²) < 4.78 is 0. The number of rotatable bonds is 8. The smallest absolute Gasteiger partial charge is 0.408 e. The molecule has 3 aromatic rings. The Balaban J connectivity index is 1.92. The molecular formula is C24H20ClN3O6. The van der Waals surface area contributed by atoms with E-state index in [1.807, 2.05) is 0 Å². The fourth-order valence-corrected chi connectivity index (χ4v) is 3.48. The van der Waals surface area contributed by atoms with Crippen LogP contribution in [0.3, 0.4) is 0 Å². The molecule has 0 saturated carbocycles. The third kappa shape index (κ3) is 5.57. The molecule has 34 heavy (non-hydrogen) atoms. The van der Waals surface area contributed by atoms with Crippen LogP contribution in [0.15, 0.2) is 72.8 Å². The van der Waals surface area contributed by atoms with Gasteiger partial charge in [0.2, 0.25) is 5.91 Å². The first-order valence-corrected chi connectivity index (χ1v) is 10.5. The molecule has 0 saturated heterocycles. The quantitative estimate of drug-likeness (QED) is 0.265. The molecule has 1 unspecified atom stereocenters. The molecule has 2 N–H and O–H groups in total. The van der Waals surface area contributed by atoms with Crippen molar-refractivity contribution in [1.29, 1.82) is 0 Å². The SMILES string of the molecule is CC(C(=O)Nc1ccc([N+](=O)[O-])cc1C(=O)c1ccccc1Cl)N(Cc1ccccc1)C(=O)O. The minimum atomic E-state index is -1.30. The van der Waals surface area contributed by atoms with Crippen LogP contribution in [0.1, 0.15) is 28.4 Å². The Hall–Kier alpha value is -4.24. The van der Waals surface area contributed by atoms with E-state index in [1.54, 1.807) is 42.5 Å². The number of ketones is 1. The van der Waals surface area contributed by atoms with Crippen molar-refractivity contribution in [2.45, 2.75) is 19.5 Å². The molecule has 0 fully saturated rings. The van der Waals surface area contributed by atoms with E-state index in [0.29, 0.717) is 5.56 Å². The van der Waals surface area contributed by atoms with Gasteiger partial charge in [0.25, 0.3) is 5.69 Å². The highest BCUT2D eigenvalue weighted by Crippen LogP contribution is 2.28. The lowest BCUT2D eigenvalue weighted by molar-refractivity contribution is -0.384. The Morgan fingerprint density at radius 2 is 1.68 bits per heavy atom. The minimum Gasteiger partial charge on any atom is -0.465 e. The second-order valence-electron chi connectivity index (χ2n) is 7.36. The van der Waals surface area contributed by atoms with Gasteiger partial charge in [-0.2, -0.15) is 0 Å². The summed E-state index contributed by atoms with van der Waals surface area (Å²) in [5.74, 6) is -1.34. The van der Waals surface area contributed by atoms with Crippen LogP contribution in [0.4, 0.5) is 16.2 Å². The number of carbonyl (C=O) groups is 3. The fourth-order valence-electron chi connectivity index (χ4n) is 3.26. The number of nitro benzene ring substituents is 1. The molecular weight excluding hydrogens is 462 g/mol. The van der Waals surface area contributed by atoms with Crippen LogP contribution in [0.5, 0.6) is 0 Å². The van der Waals surface area contributed by atoms with Gasteiger partial charge in [-0.3, -0.25) is 24.6 Å². The molecule has 9 nitrogen and oxygen atoms in total. The first-order chi connectivity index (χ1) is 16.2. The van der Waals surface area contributed by atoms with E-state index >= 15 is 0 Å². The summed E-state index contributed by atoms with van der Waals surface area (Å²) in [6, 6.07) is 17.2. The van der Waals surface area contributed by atoms with E-state index in [9.17, 15) is 29.6 Å². The van der Waals surface area contributed by atoms with Gasteiger partial charge >= 0.3 is 6.09 Å². The highest BCUT2D eigenvalue weighted by molar-refractivity contribution is 6.35. The van der Waals surface area contributed by atoms with Crippen molar-refractivity contribution < 1.29 is 24.4 Å². The molecule has 0 aliphatic rings. The zero-order valence-electron chi connectivity index (χ0n) is 18.0. The molecule has 10 heteroatoms. The number of nitro groups is 1. The molecule has 0 aromatic heterocycles. The van der Waals surface area contributed by atoms with Crippen molar-refractivity contribution in [3.63, 3.8) is 0 Å². The molecule has 0 radical (unpaired) electrons. The van der Waals surface area contributed by atoms with Crippen LogP contribution in [0.2, 0.25) is 5.02 Å². The van der Waals surface area contributed by atoms with Gasteiger partial charge in [-0.05, 0) is 30.7 Å². The molecule has 0 heterocycles. The number of non-ortho nitro benzene ring substituents is 1. The standard InChI is InChI=1S/C24H20ClN3O6/c1-15(27(24(31)32)14-16-7-3-2-4-8-16)23(30)26-21-12-11-17(28(33)34)13-19(21)22(29)18-9-5-6-10-20(18)25/h2-13,15H,14H2,1H3,(H,26,30)(H,31,32). The van der Waals surface area contributed by atoms with E-state index in [-0.39, 0.29) is 34.1 Å². The number of carboxylic acid groups (broad SMARTS) is 1. The molecule has 3 aromatic carbocycles. The van der Waals surface area contributed by atoms with E-state index in [0.717, 1.165) is 17.0 Å². The van der Waals surface area contributed by atoms with Gasteiger partial charge in [0.1, 0.15) is 6.04 Å². The zero-order valence-corrected chi connectivity index (χ0v) is 18.7. The Bertz CT molecular complexity index is 1250. The number of benzene rings is 3. The van der Waals surface area contributed by atoms with Gasteiger partial charge in [0, 0.05) is 24.2 Å². The van der Waals surface area contributed by atoms with Crippen LogP contribution in [0, 0.1) is 10.1 Å². The lowest BCUT2D eigenvalue weighted by Crippen LogP contribution is -2.44. The van der Waals surface area contributed by atoms with Crippen LogP contribution < -0.4 is 5.32 Å². The van der Waals surface area contributed by atoms with Gasteiger partial charge in [-0.15, -0.1) is 0 Å². The Labute approximate surface area is 199 Å². The predicted molar refractivity (Wildman–Crippen MR) is 126 cm³/mol. The molecule has 3 rings (SSSR count). The Morgan fingerprint density at radius 1 is 1.03 bits per heavy atom. The highest BCUT2D eigenvalue weighted by atomic mass is 35.5. The third-order valence-electron chi connectivity index (χ3n) is 5.12. The number of nitrogens with zero attached hydrogens (tertiary/aromatic N) is 2. The number of hydrogen-bond acceptors (Lipinski definition) is 5. The van der Waals surface area contributed by atoms with Crippen molar-refractivity contribution in [3.8, 4) is 0 Å². The first-order valence-electron chi connectivity index (χ1n) is 10.1. The Morgan fingerprint density at radius 3 is 2.29 bits per heavy atom. The van der Waals surface area contributed by atoms with Crippen LogP contribution in [-0.4, -0.2) is 38.8 Å². The maximum absolute atomic E-state index is 13.1. The molecule has 0 spiro atoms. The van der Waals surface area contributed by atoms with Gasteiger partial charge in [-0.1, -0.05) is 54.1 Å². The van der Waals surface area contributed by atoms with Crippen molar-refractivity contribution >= 4 is 40.8 Å². The number of nitrogens with one attached hydrogen (secondary N) is 1. The summed E-state index contributed by atoms with van der Waals surface area (Å²) in [4.78, 5) is 49.5. The molecule has 174 valence electrons. The fraction of sp³-hybridized carbons (Fsp3) is 0.125. The molecule has 2 amide bonds. The highest BCUT2D eigenvalue weighted by Gasteiger charge is 2.28. The number of hydrogen-bond donors (Lipinski definition) is 2. The normalized spacial score (nSPS) is 11.4. The lowest BCUT2D eigenvalue weighted by Gasteiger charge is -2.26. The van der Waals surface area contributed by atoms with Crippen LogP contribution >= 0.6 is 11.6 Å². The van der Waals surface area contributed by atoms with Gasteiger partial charge in [0.05, 0.1) is 21.2 Å². The maximum Gasteiger partial charge on any atom is 0.408 e. The molecule has 0 aliphatic heterocycles. The monoisotopic (exact) mass is 481 g/mol. The number of carbonyl (C=O) groups excluding carboxylic acids is 2. The summed E-state index contributed by atoms with van der Waals surface area (Å²) >= 11 is 6.12. The van der Waals surface area contributed by atoms with Crippen LogP contribution in [0.25, 0.3) is 0 Å². The van der Waals surface area contributed by atoms with E-state index in [1.165, 1.54) is 25.1 Å². The average Bonchev–Trinajstić information content (AvgIpc) is 2.82. The molecule has 0 aliphatic carbocycles. The van der Waals surface area contributed by atoms with E-state index in [2.05, 4.69) is 5.32 Å². The summed E-state index contributed by atoms with van der Waals surface area (Å²) in [7, 11) is 0. The van der Waals surface area contributed by atoms with E-state index < -0.39 is 28.7 Å². The van der Waals surface area contributed by atoms with Gasteiger partial charge < -0.3 is 10.4 Å². The molecule has 0 bridgehead atoms.